The molecule has 0 aromatic heterocycles. The van der Waals surface area contributed by atoms with E-state index in [9.17, 15) is 23.1 Å². The number of carboxylic acids is 1. The van der Waals surface area contributed by atoms with E-state index in [1.54, 1.807) is 18.2 Å². The first-order valence-corrected chi connectivity index (χ1v) is 12.5. The number of carboxylic acid groups (broad SMARTS) is 1. The molecule has 34 heavy (non-hydrogen) atoms. The molecular weight excluding hydrogens is 443 g/mol. The summed E-state index contributed by atoms with van der Waals surface area (Å²) in [6.45, 7) is 2.57. The smallest absolute Gasteiger partial charge is 0.420 e. The molecule has 4 nitrogen and oxygen atoms in total. The molecule has 5 rings (SSSR count). The maximum atomic E-state index is 14.5. The second kappa shape index (κ2) is 9.06. The van der Waals surface area contributed by atoms with E-state index in [4.69, 9.17) is 4.74 Å². The van der Waals surface area contributed by atoms with Gasteiger partial charge in [0.05, 0.1) is 12.0 Å². The Labute approximate surface area is 198 Å². The van der Waals surface area contributed by atoms with Crippen LogP contribution >= 0.6 is 0 Å². The highest BCUT2D eigenvalue weighted by molar-refractivity contribution is 5.91. The van der Waals surface area contributed by atoms with Crippen LogP contribution in [0.1, 0.15) is 69.4 Å². The zero-order valence-corrected chi connectivity index (χ0v) is 19.5. The average Bonchev–Trinajstić information content (AvgIpc) is 3.01. The molecule has 2 aliphatic heterocycles. The lowest BCUT2D eigenvalue weighted by molar-refractivity contribution is -0.144. The molecule has 7 heteroatoms. The van der Waals surface area contributed by atoms with Crippen LogP contribution in [0.2, 0.25) is 0 Å². The van der Waals surface area contributed by atoms with Crippen molar-refractivity contribution in [1.82, 2.24) is 4.90 Å². The lowest BCUT2D eigenvalue weighted by Crippen LogP contribution is -2.44. The molecule has 184 valence electrons. The summed E-state index contributed by atoms with van der Waals surface area (Å²) in [5, 5.41) is 10.2. The van der Waals surface area contributed by atoms with E-state index in [-0.39, 0.29) is 35.2 Å². The van der Waals surface area contributed by atoms with Crippen molar-refractivity contribution in [3.8, 4) is 5.75 Å². The quantitative estimate of drug-likeness (QED) is 0.526. The molecule has 1 aliphatic carbocycles. The van der Waals surface area contributed by atoms with Crippen LogP contribution in [0.5, 0.6) is 5.75 Å². The monoisotopic (exact) mass is 475 g/mol. The summed E-state index contributed by atoms with van der Waals surface area (Å²) in [6.07, 6.45) is 1.71. The molecule has 2 aromatic rings. The van der Waals surface area contributed by atoms with Crippen molar-refractivity contribution in [2.24, 2.45) is 11.8 Å². The molecule has 2 atom stereocenters. The molecular formula is C27H32F3NO3. The van der Waals surface area contributed by atoms with Crippen molar-refractivity contribution >= 4 is 16.7 Å². The number of aliphatic carboxylic acids is 1. The fraction of sp³-hybridized carbons (Fsp3) is 0.593. The third-order valence-corrected chi connectivity index (χ3v) is 8.22. The van der Waals surface area contributed by atoms with E-state index < -0.39 is 17.7 Å². The van der Waals surface area contributed by atoms with Gasteiger partial charge in [-0.1, -0.05) is 31.2 Å². The minimum absolute atomic E-state index is 0.0699. The molecule has 2 heterocycles. The maximum Gasteiger partial charge on any atom is 0.420 e. The Morgan fingerprint density at radius 2 is 1.71 bits per heavy atom. The predicted molar refractivity (Wildman–Crippen MR) is 124 cm³/mol. The van der Waals surface area contributed by atoms with Gasteiger partial charge in [0.15, 0.2) is 0 Å². The van der Waals surface area contributed by atoms with E-state index >= 15 is 0 Å². The second-order valence-corrected chi connectivity index (χ2v) is 10.5. The summed E-state index contributed by atoms with van der Waals surface area (Å²) < 4.78 is 49.5. The van der Waals surface area contributed by atoms with Crippen molar-refractivity contribution in [3.05, 3.63) is 41.5 Å². The molecule has 2 aromatic carbocycles. The van der Waals surface area contributed by atoms with Crippen LogP contribution in [-0.4, -0.2) is 34.2 Å². The highest BCUT2D eigenvalue weighted by Gasteiger charge is 2.44. The Morgan fingerprint density at radius 3 is 2.32 bits per heavy atom. The Bertz CT molecular complexity index is 1050. The number of rotatable bonds is 5. The van der Waals surface area contributed by atoms with Gasteiger partial charge in [0.2, 0.25) is 0 Å². The SMILES string of the molecule is C[C@H]1CC[C@@H](Oc2ccc3cccc(CN4C5CCC4CC(C(=O)O)C5)c3c2C(F)(F)F)CC1. The average molecular weight is 476 g/mol. The fourth-order valence-electron chi connectivity index (χ4n) is 6.40. The molecule has 2 unspecified atom stereocenters. The molecule has 2 saturated heterocycles. The van der Waals surface area contributed by atoms with Gasteiger partial charge in [-0.15, -0.1) is 0 Å². The van der Waals surface area contributed by atoms with Gasteiger partial charge in [0.1, 0.15) is 11.3 Å². The number of alkyl halides is 3. The third-order valence-electron chi connectivity index (χ3n) is 8.22. The minimum Gasteiger partial charge on any atom is -0.490 e. The molecule has 3 fully saturated rings. The molecule has 0 amide bonds. The van der Waals surface area contributed by atoms with Crippen LogP contribution in [0, 0.1) is 11.8 Å². The number of ether oxygens (including phenoxy) is 1. The van der Waals surface area contributed by atoms with Gasteiger partial charge in [-0.05, 0) is 74.3 Å². The summed E-state index contributed by atoms with van der Waals surface area (Å²) in [6, 6.07) is 8.75. The summed E-state index contributed by atoms with van der Waals surface area (Å²) in [7, 11) is 0. The zero-order valence-electron chi connectivity index (χ0n) is 19.5. The number of piperidine rings is 1. The zero-order chi connectivity index (χ0) is 24.0. The van der Waals surface area contributed by atoms with E-state index in [1.807, 2.05) is 6.07 Å². The fourth-order valence-corrected chi connectivity index (χ4v) is 6.40. The molecule has 0 radical (unpaired) electrons. The molecule has 0 spiro atoms. The van der Waals surface area contributed by atoms with Crippen LogP contribution < -0.4 is 4.74 Å². The van der Waals surface area contributed by atoms with Gasteiger partial charge in [-0.25, -0.2) is 0 Å². The first-order chi connectivity index (χ1) is 16.2. The van der Waals surface area contributed by atoms with Crippen molar-refractivity contribution in [2.75, 3.05) is 0 Å². The van der Waals surface area contributed by atoms with Crippen LogP contribution in [-0.2, 0) is 17.5 Å². The molecule has 1 saturated carbocycles. The highest BCUT2D eigenvalue weighted by atomic mass is 19.4. The van der Waals surface area contributed by atoms with E-state index in [1.165, 1.54) is 6.07 Å². The Hall–Kier alpha value is -2.28. The van der Waals surface area contributed by atoms with Gasteiger partial charge in [-0.2, -0.15) is 13.2 Å². The molecule has 3 aliphatic rings. The first-order valence-electron chi connectivity index (χ1n) is 12.5. The standard InChI is InChI=1S/C27H32F3NO3/c1-16-5-10-22(11-6-16)34-23-12-7-17-3-2-4-18(24(17)25(23)27(28,29)30)15-31-20-8-9-21(31)14-19(13-20)26(32)33/h2-4,7,12,16,19-22H,5-6,8-11,13-15H2,1H3,(H,32,33)/t16-,19?,20?,21?,22+. The van der Waals surface area contributed by atoms with Crippen molar-refractivity contribution in [1.29, 1.82) is 0 Å². The lowest BCUT2D eigenvalue weighted by Gasteiger charge is -2.38. The minimum atomic E-state index is -4.54. The van der Waals surface area contributed by atoms with Crippen LogP contribution in [0.15, 0.2) is 30.3 Å². The van der Waals surface area contributed by atoms with Gasteiger partial charge in [-0.3, -0.25) is 9.69 Å². The van der Waals surface area contributed by atoms with Gasteiger partial charge in [0.25, 0.3) is 0 Å². The van der Waals surface area contributed by atoms with Crippen molar-refractivity contribution < 1.29 is 27.8 Å². The maximum absolute atomic E-state index is 14.5. The predicted octanol–water partition coefficient (Wildman–Crippen LogP) is 6.64. The Balaban J connectivity index is 1.50. The van der Waals surface area contributed by atoms with Crippen LogP contribution in [0.3, 0.4) is 0 Å². The normalized spacial score (nSPS) is 29.9. The summed E-state index contributed by atoms with van der Waals surface area (Å²) in [4.78, 5) is 13.8. The number of benzene rings is 2. The largest absolute Gasteiger partial charge is 0.490 e. The summed E-state index contributed by atoms with van der Waals surface area (Å²) >= 11 is 0. The van der Waals surface area contributed by atoms with Gasteiger partial charge in [0, 0.05) is 24.0 Å². The Kier molecular flexibility index (Phi) is 6.25. The second-order valence-electron chi connectivity index (χ2n) is 10.5. The van der Waals surface area contributed by atoms with Crippen LogP contribution in [0.4, 0.5) is 13.2 Å². The van der Waals surface area contributed by atoms with E-state index in [0.29, 0.717) is 36.3 Å². The number of halogens is 3. The number of hydrogen-bond acceptors (Lipinski definition) is 3. The number of hydrogen-bond donors (Lipinski definition) is 1. The number of fused-ring (bicyclic) bond motifs is 3. The van der Waals surface area contributed by atoms with E-state index in [0.717, 1.165) is 38.5 Å². The summed E-state index contributed by atoms with van der Waals surface area (Å²) in [5.74, 6) is -0.601. The highest BCUT2D eigenvalue weighted by Crippen LogP contribution is 2.45. The van der Waals surface area contributed by atoms with Crippen LogP contribution in [0.25, 0.3) is 10.8 Å². The molecule has 1 N–H and O–H groups in total. The first kappa shape index (κ1) is 23.5. The lowest BCUT2D eigenvalue weighted by atomic mass is 9.88. The number of nitrogens with zero attached hydrogens (tertiary/aromatic N) is 1. The van der Waals surface area contributed by atoms with Crippen molar-refractivity contribution in [3.63, 3.8) is 0 Å². The number of carbonyl (C=O) groups is 1. The molecule has 2 bridgehead atoms. The third kappa shape index (κ3) is 4.51. The summed E-state index contributed by atoms with van der Waals surface area (Å²) in [5.41, 5.74) is -0.0368. The van der Waals surface area contributed by atoms with Crippen molar-refractivity contribution in [2.45, 2.75) is 89.2 Å². The Morgan fingerprint density at radius 1 is 1.03 bits per heavy atom. The van der Waals surface area contributed by atoms with Gasteiger partial charge >= 0.3 is 12.1 Å². The van der Waals surface area contributed by atoms with E-state index in [2.05, 4.69) is 11.8 Å². The van der Waals surface area contributed by atoms with Gasteiger partial charge < -0.3 is 9.84 Å². The topological polar surface area (TPSA) is 49.8 Å².